The number of carbonyl (C=O) groups is 3. The summed E-state index contributed by atoms with van der Waals surface area (Å²) in [6, 6.07) is -0.650. The lowest BCUT2D eigenvalue weighted by Crippen LogP contribution is -2.43. The molecule has 2 amide bonds. The molecule has 0 rings (SSSR count). The monoisotopic (exact) mass is 231 g/mol. The molecule has 0 saturated heterocycles. The molecule has 0 aliphatic rings. The van der Waals surface area contributed by atoms with Crippen LogP contribution in [0.4, 0.5) is 0 Å². The third kappa shape index (κ3) is 6.77. The molecule has 1 atom stereocenters. The second-order valence-corrected chi connectivity index (χ2v) is 3.18. The summed E-state index contributed by atoms with van der Waals surface area (Å²) in [6.07, 6.45) is 0.101. The van der Waals surface area contributed by atoms with Crippen LogP contribution in [0.3, 0.4) is 0 Å². The fourth-order valence-electron chi connectivity index (χ4n) is 0.797. The molecule has 0 fully saturated rings. The second kappa shape index (κ2) is 7.63. The van der Waals surface area contributed by atoms with Gasteiger partial charge in [-0.3, -0.25) is 14.4 Å². The first-order chi connectivity index (χ1) is 7.47. The van der Waals surface area contributed by atoms with Gasteiger partial charge in [-0.15, -0.1) is 0 Å². The predicted molar refractivity (Wildman–Crippen MR) is 56.3 cm³/mol. The Balaban J connectivity index is 3.60. The largest absolute Gasteiger partial charge is 0.469 e. The lowest BCUT2D eigenvalue weighted by molar-refractivity contribution is -0.140. The topological polar surface area (TPSA) is 111 Å². The lowest BCUT2D eigenvalue weighted by atomic mass is 10.3. The first-order valence-corrected chi connectivity index (χ1v) is 4.84. The summed E-state index contributed by atoms with van der Waals surface area (Å²) in [5.41, 5.74) is 5.28. The maximum absolute atomic E-state index is 11.1. The fraction of sp³-hybridized carbons (Fsp3) is 0.667. The molecule has 0 aromatic heterocycles. The number of hydrogen-bond acceptors (Lipinski definition) is 5. The number of ether oxygens (including phenoxy) is 1. The van der Waals surface area contributed by atoms with Crippen LogP contribution in [0.5, 0.6) is 0 Å². The van der Waals surface area contributed by atoms with Crippen molar-refractivity contribution in [3.8, 4) is 0 Å². The second-order valence-electron chi connectivity index (χ2n) is 3.18. The smallest absolute Gasteiger partial charge is 0.307 e. The first kappa shape index (κ1) is 14.4. The van der Waals surface area contributed by atoms with E-state index in [2.05, 4.69) is 15.4 Å². The molecule has 0 saturated carbocycles. The summed E-state index contributed by atoms with van der Waals surface area (Å²) in [5, 5.41) is 4.79. The Hall–Kier alpha value is -1.63. The van der Waals surface area contributed by atoms with Crippen LogP contribution in [0.2, 0.25) is 0 Å². The fourth-order valence-corrected chi connectivity index (χ4v) is 0.797. The van der Waals surface area contributed by atoms with Crippen molar-refractivity contribution in [1.29, 1.82) is 0 Å². The SMILES string of the molecule is COC(=O)CCNC(=O)CNC(=O)[C@H](C)N. The van der Waals surface area contributed by atoms with Gasteiger partial charge in [-0.1, -0.05) is 0 Å². The Morgan fingerprint density at radius 1 is 1.31 bits per heavy atom. The average Bonchev–Trinajstić information content (AvgIpc) is 2.25. The van der Waals surface area contributed by atoms with Crippen molar-refractivity contribution in [2.24, 2.45) is 5.73 Å². The summed E-state index contributed by atoms with van der Waals surface area (Å²) in [6.45, 7) is 1.55. The molecule has 0 aliphatic heterocycles. The van der Waals surface area contributed by atoms with Crippen molar-refractivity contribution in [2.45, 2.75) is 19.4 Å². The number of hydrogen-bond donors (Lipinski definition) is 3. The van der Waals surface area contributed by atoms with E-state index in [9.17, 15) is 14.4 Å². The van der Waals surface area contributed by atoms with E-state index >= 15 is 0 Å². The molecule has 0 aromatic rings. The van der Waals surface area contributed by atoms with Gasteiger partial charge in [0.15, 0.2) is 0 Å². The number of methoxy groups -OCH3 is 1. The summed E-state index contributed by atoms with van der Waals surface area (Å²) in [5.74, 6) is -1.18. The standard InChI is InChI=1S/C9H17N3O4/c1-6(10)9(15)12-5-7(13)11-4-3-8(14)16-2/h6H,3-5,10H2,1-2H3,(H,11,13)(H,12,15)/t6-/m0/s1. The molecule has 7 nitrogen and oxygen atoms in total. The molecular weight excluding hydrogens is 214 g/mol. The minimum atomic E-state index is -0.650. The van der Waals surface area contributed by atoms with Crippen molar-refractivity contribution >= 4 is 17.8 Å². The van der Waals surface area contributed by atoms with E-state index in [4.69, 9.17) is 5.73 Å². The van der Waals surface area contributed by atoms with Gasteiger partial charge in [0, 0.05) is 6.54 Å². The molecule has 4 N–H and O–H groups in total. The highest BCUT2D eigenvalue weighted by molar-refractivity contribution is 5.87. The molecule has 92 valence electrons. The molecule has 7 heteroatoms. The number of amides is 2. The van der Waals surface area contributed by atoms with Gasteiger partial charge in [-0.25, -0.2) is 0 Å². The summed E-state index contributed by atoms with van der Waals surface area (Å²) in [7, 11) is 1.27. The number of nitrogens with two attached hydrogens (primary N) is 1. The molecule has 16 heavy (non-hydrogen) atoms. The van der Waals surface area contributed by atoms with Crippen molar-refractivity contribution in [3.05, 3.63) is 0 Å². The van der Waals surface area contributed by atoms with Crippen LogP contribution < -0.4 is 16.4 Å². The first-order valence-electron chi connectivity index (χ1n) is 4.84. The highest BCUT2D eigenvalue weighted by Crippen LogP contribution is 1.81. The number of carbonyl (C=O) groups excluding carboxylic acids is 3. The molecule has 0 unspecified atom stereocenters. The minimum Gasteiger partial charge on any atom is -0.469 e. The van der Waals surface area contributed by atoms with Gasteiger partial charge in [0.1, 0.15) is 0 Å². The Morgan fingerprint density at radius 2 is 1.94 bits per heavy atom. The highest BCUT2D eigenvalue weighted by atomic mass is 16.5. The average molecular weight is 231 g/mol. The zero-order valence-corrected chi connectivity index (χ0v) is 9.41. The van der Waals surface area contributed by atoms with Crippen LogP contribution in [-0.2, 0) is 19.1 Å². The van der Waals surface area contributed by atoms with E-state index < -0.39 is 17.9 Å². The van der Waals surface area contributed by atoms with Gasteiger partial charge in [0.05, 0.1) is 26.1 Å². The van der Waals surface area contributed by atoms with Crippen LogP contribution in [0.25, 0.3) is 0 Å². The van der Waals surface area contributed by atoms with Gasteiger partial charge in [0.25, 0.3) is 0 Å². The van der Waals surface area contributed by atoms with E-state index in [1.165, 1.54) is 14.0 Å². The van der Waals surface area contributed by atoms with Crippen LogP contribution in [0.1, 0.15) is 13.3 Å². The Bertz CT molecular complexity index is 265. The molecule has 0 spiro atoms. The zero-order valence-electron chi connectivity index (χ0n) is 9.41. The molecular formula is C9H17N3O4. The van der Waals surface area contributed by atoms with Gasteiger partial charge in [0.2, 0.25) is 11.8 Å². The van der Waals surface area contributed by atoms with E-state index in [0.29, 0.717) is 0 Å². The van der Waals surface area contributed by atoms with Crippen molar-refractivity contribution in [3.63, 3.8) is 0 Å². The predicted octanol–water partition coefficient (Wildman–Crippen LogP) is -1.87. The third-order valence-corrected chi connectivity index (χ3v) is 1.72. The van der Waals surface area contributed by atoms with Crippen molar-refractivity contribution < 1.29 is 19.1 Å². The van der Waals surface area contributed by atoms with Gasteiger partial charge < -0.3 is 21.1 Å². The van der Waals surface area contributed by atoms with E-state index in [1.54, 1.807) is 0 Å². The van der Waals surface area contributed by atoms with Crippen molar-refractivity contribution in [1.82, 2.24) is 10.6 Å². The maximum Gasteiger partial charge on any atom is 0.307 e. The quantitative estimate of drug-likeness (QED) is 0.464. The Labute approximate surface area is 93.7 Å². The molecule has 0 radical (unpaired) electrons. The van der Waals surface area contributed by atoms with E-state index in [1.807, 2.05) is 0 Å². The number of esters is 1. The number of rotatable bonds is 6. The normalized spacial score (nSPS) is 11.4. The van der Waals surface area contributed by atoms with Gasteiger partial charge in [-0.2, -0.15) is 0 Å². The summed E-state index contributed by atoms with van der Waals surface area (Å²) >= 11 is 0. The minimum absolute atomic E-state index is 0.101. The van der Waals surface area contributed by atoms with Crippen LogP contribution in [0.15, 0.2) is 0 Å². The summed E-state index contributed by atoms with van der Waals surface area (Å²) < 4.78 is 4.39. The van der Waals surface area contributed by atoms with Gasteiger partial charge in [-0.05, 0) is 6.92 Å². The molecule has 0 aliphatic carbocycles. The molecule has 0 aromatic carbocycles. The van der Waals surface area contributed by atoms with Crippen molar-refractivity contribution in [2.75, 3.05) is 20.2 Å². The maximum atomic E-state index is 11.1. The number of nitrogens with one attached hydrogen (secondary N) is 2. The zero-order chi connectivity index (χ0) is 12.6. The molecule has 0 heterocycles. The van der Waals surface area contributed by atoms with Crippen LogP contribution in [0, 0.1) is 0 Å². The van der Waals surface area contributed by atoms with E-state index in [0.717, 1.165) is 0 Å². The highest BCUT2D eigenvalue weighted by Gasteiger charge is 2.09. The third-order valence-electron chi connectivity index (χ3n) is 1.72. The summed E-state index contributed by atoms with van der Waals surface area (Å²) in [4.78, 5) is 32.8. The Morgan fingerprint density at radius 3 is 2.44 bits per heavy atom. The van der Waals surface area contributed by atoms with Gasteiger partial charge >= 0.3 is 5.97 Å². The molecule has 0 bridgehead atoms. The lowest BCUT2D eigenvalue weighted by Gasteiger charge is -2.07. The van der Waals surface area contributed by atoms with E-state index in [-0.39, 0.29) is 25.4 Å². The van der Waals surface area contributed by atoms with Crippen LogP contribution in [-0.4, -0.2) is 44.0 Å². The Kier molecular flexibility index (Phi) is 6.86. The van der Waals surface area contributed by atoms with Crippen LogP contribution >= 0.6 is 0 Å².